The molecule has 0 radical (unpaired) electrons. The second-order valence-corrected chi connectivity index (χ2v) is 4.94. The number of nitrogens with zero attached hydrogens (tertiary/aromatic N) is 2. The molecule has 0 amide bonds. The molecule has 0 aliphatic carbocycles. The fraction of sp³-hybridized carbons (Fsp3) is 0.312. The van der Waals surface area contributed by atoms with E-state index in [4.69, 9.17) is 0 Å². The van der Waals surface area contributed by atoms with Gasteiger partial charge in [0.2, 0.25) is 0 Å². The van der Waals surface area contributed by atoms with Gasteiger partial charge >= 0.3 is 5.97 Å². The molecular weight excluding hydrogens is 280 g/mol. The van der Waals surface area contributed by atoms with Gasteiger partial charge in [-0.15, -0.1) is 0 Å². The number of hydrogen-bond acceptors (Lipinski definition) is 5. The van der Waals surface area contributed by atoms with Crippen molar-refractivity contribution in [3.63, 3.8) is 0 Å². The predicted octanol–water partition coefficient (Wildman–Crippen LogP) is 3.44. The number of rotatable bonds is 7. The van der Waals surface area contributed by atoms with Crippen LogP contribution in [0.2, 0.25) is 0 Å². The summed E-state index contributed by atoms with van der Waals surface area (Å²) in [5.41, 5.74) is 0.715. The Morgan fingerprint density at radius 2 is 1.95 bits per heavy atom. The van der Waals surface area contributed by atoms with E-state index in [1.165, 1.54) is 0 Å². The Kier molecular flexibility index (Phi) is 5.30. The van der Waals surface area contributed by atoms with Crippen LogP contribution in [0.3, 0.4) is 0 Å². The van der Waals surface area contributed by atoms with E-state index in [0.717, 1.165) is 25.2 Å². The number of carboxylic acids is 1. The Morgan fingerprint density at radius 1 is 1.23 bits per heavy atom. The molecule has 2 rings (SSSR count). The summed E-state index contributed by atoms with van der Waals surface area (Å²) in [4.78, 5) is 19.9. The van der Waals surface area contributed by atoms with Crippen LogP contribution in [0, 0.1) is 6.92 Å². The lowest BCUT2D eigenvalue weighted by atomic mass is 10.2. The van der Waals surface area contributed by atoms with Crippen LogP contribution in [0.4, 0.5) is 17.3 Å². The van der Waals surface area contributed by atoms with E-state index in [2.05, 4.69) is 27.5 Å². The van der Waals surface area contributed by atoms with Crippen molar-refractivity contribution < 1.29 is 9.90 Å². The van der Waals surface area contributed by atoms with Crippen molar-refractivity contribution >= 4 is 23.3 Å². The summed E-state index contributed by atoms with van der Waals surface area (Å²) < 4.78 is 0. The quantitative estimate of drug-likeness (QED) is 0.679. The lowest BCUT2D eigenvalue weighted by Crippen LogP contribution is -2.07. The number of carbonyl (C=O) groups is 1. The van der Waals surface area contributed by atoms with Gasteiger partial charge in [0.1, 0.15) is 17.5 Å². The van der Waals surface area contributed by atoms with E-state index in [9.17, 15) is 9.90 Å². The van der Waals surface area contributed by atoms with Crippen LogP contribution in [-0.2, 0) is 0 Å². The summed E-state index contributed by atoms with van der Waals surface area (Å²) in [5, 5.41) is 15.5. The summed E-state index contributed by atoms with van der Waals surface area (Å²) >= 11 is 0. The van der Waals surface area contributed by atoms with Crippen LogP contribution in [0.15, 0.2) is 30.3 Å². The average molecular weight is 300 g/mol. The fourth-order valence-corrected chi connectivity index (χ4v) is 2.03. The highest BCUT2D eigenvalue weighted by molar-refractivity contribution is 5.95. The first-order valence-corrected chi connectivity index (χ1v) is 7.29. The van der Waals surface area contributed by atoms with Gasteiger partial charge in [0.05, 0.1) is 11.3 Å². The maximum atomic E-state index is 11.2. The summed E-state index contributed by atoms with van der Waals surface area (Å²) in [5.74, 6) is 0.948. The second kappa shape index (κ2) is 7.40. The summed E-state index contributed by atoms with van der Waals surface area (Å²) in [7, 11) is 0. The van der Waals surface area contributed by atoms with Crippen molar-refractivity contribution in [2.24, 2.45) is 0 Å². The molecule has 1 aromatic heterocycles. The number of para-hydroxylation sites is 1. The van der Waals surface area contributed by atoms with E-state index in [-0.39, 0.29) is 5.56 Å². The van der Waals surface area contributed by atoms with Gasteiger partial charge in [0.15, 0.2) is 0 Å². The number of aromatic nitrogens is 2. The SMILES string of the molecule is CCCCNc1cc(Nc2ccccc2C(=O)O)nc(C)n1. The predicted molar refractivity (Wildman–Crippen MR) is 86.9 cm³/mol. The van der Waals surface area contributed by atoms with Gasteiger partial charge in [-0.2, -0.15) is 0 Å². The number of hydrogen-bond donors (Lipinski definition) is 3. The van der Waals surface area contributed by atoms with Crippen molar-refractivity contribution in [2.45, 2.75) is 26.7 Å². The summed E-state index contributed by atoms with van der Waals surface area (Å²) in [6.45, 7) is 4.78. The van der Waals surface area contributed by atoms with Crippen LogP contribution < -0.4 is 10.6 Å². The zero-order chi connectivity index (χ0) is 15.9. The van der Waals surface area contributed by atoms with Gasteiger partial charge in [0, 0.05) is 12.6 Å². The van der Waals surface area contributed by atoms with Crippen LogP contribution in [0.1, 0.15) is 35.9 Å². The third kappa shape index (κ3) is 4.18. The van der Waals surface area contributed by atoms with E-state index in [1.807, 2.05) is 0 Å². The lowest BCUT2D eigenvalue weighted by Gasteiger charge is -2.11. The number of aryl methyl sites for hydroxylation is 1. The molecule has 0 atom stereocenters. The van der Waals surface area contributed by atoms with Crippen molar-refractivity contribution in [1.29, 1.82) is 0 Å². The summed E-state index contributed by atoms with van der Waals surface area (Å²) in [6, 6.07) is 8.52. The average Bonchev–Trinajstić information content (AvgIpc) is 2.47. The molecule has 116 valence electrons. The Hall–Kier alpha value is -2.63. The van der Waals surface area contributed by atoms with Gasteiger partial charge in [-0.05, 0) is 25.5 Å². The third-order valence-electron chi connectivity index (χ3n) is 3.09. The van der Waals surface area contributed by atoms with Crippen LogP contribution in [0.5, 0.6) is 0 Å². The number of carboxylic acid groups (broad SMARTS) is 1. The van der Waals surface area contributed by atoms with E-state index in [0.29, 0.717) is 17.3 Å². The van der Waals surface area contributed by atoms with E-state index >= 15 is 0 Å². The zero-order valence-corrected chi connectivity index (χ0v) is 12.8. The van der Waals surface area contributed by atoms with Gasteiger partial charge in [-0.1, -0.05) is 25.5 Å². The Labute approximate surface area is 129 Å². The standard InChI is InChI=1S/C16H20N4O2/c1-3-4-9-17-14-10-15(19-11(2)18-14)20-13-8-6-5-7-12(13)16(21)22/h5-8,10H,3-4,9H2,1-2H3,(H,21,22)(H2,17,18,19,20). The molecule has 0 saturated carbocycles. The fourth-order valence-electron chi connectivity index (χ4n) is 2.03. The molecule has 0 unspecified atom stereocenters. The van der Waals surface area contributed by atoms with Crippen LogP contribution >= 0.6 is 0 Å². The van der Waals surface area contributed by atoms with Crippen molar-refractivity contribution in [2.75, 3.05) is 17.2 Å². The molecule has 22 heavy (non-hydrogen) atoms. The van der Waals surface area contributed by atoms with Crippen LogP contribution in [-0.4, -0.2) is 27.6 Å². The number of nitrogens with one attached hydrogen (secondary N) is 2. The molecule has 6 nitrogen and oxygen atoms in total. The first-order chi connectivity index (χ1) is 10.6. The van der Waals surface area contributed by atoms with Gasteiger partial charge < -0.3 is 15.7 Å². The molecule has 3 N–H and O–H groups in total. The molecule has 0 aliphatic heterocycles. The Balaban J connectivity index is 2.21. The van der Waals surface area contributed by atoms with Crippen molar-refractivity contribution in [1.82, 2.24) is 9.97 Å². The Bertz CT molecular complexity index is 658. The van der Waals surface area contributed by atoms with Crippen molar-refractivity contribution in [3.8, 4) is 0 Å². The highest BCUT2D eigenvalue weighted by Crippen LogP contribution is 2.21. The highest BCUT2D eigenvalue weighted by atomic mass is 16.4. The zero-order valence-electron chi connectivity index (χ0n) is 12.8. The number of aromatic carboxylic acids is 1. The minimum absolute atomic E-state index is 0.208. The van der Waals surface area contributed by atoms with Gasteiger partial charge in [-0.25, -0.2) is 14.8 Å². The smallest absolute Gasteiger partial charge is 0.337 e. The van der Waals surface area contributed by atoms with Gasteiger partial charge in [-0.3, -0.25) is 0 Å². The molecule has 0 aliphatic rings. The molecular formula is C16H20N4O2. The second-order valence-electron chi connectivity index (χ2n) is 4.94. The summed E-state index contributed by atoms with van der Waals surface area (Å²) in [6.07, 6.45) is 2.17. The van der Waals surface area contributed by atoms with E-state index < -0.39 is 5.97 Å². The van der Waals surface area contributed by atoms with Gasteiger partial charge in [0.25, 0.3) is 0 Å². The molecule has 6 heteroatoms. The molecule has 0 bridgehead atoms. The topological polar surface area (TPSA) is 87.1 Å². The maximum absolute atomic E-state index is 11.2. The monoisotopic (exact) mass is 300 g/mol. The molecule has 2 aromatic rings. The molecule has 0 fully saturated rings. The normalized spacial score (nSPS) is 10.3. The molecule has 0 spiro atoms. The Morgan fingerprint density at radius 3 is 2.68 bits per heavy atom. The van der Waals surface area contributed by atoms with E-state index in [1.54, 1.807) is 37.3 Å². The molecule has 1 heterocycles. The number of anilines is 3. The minimum Gasteiger partial charge on any atom is -0.478 e. The van der Waals surface area contributed by atoms with Crippen molar-refractivity contribution in [3.05, 3.63) is 41.7 Å². The largest absolute Gasteiger partial charge is 0.478 e. The first-order valence-electron chi connectivity index (χ1n) is 7.29. The minimum atomic E-state index is -0.977. The third-order valence-corrected chi connectivity index (χ3v) is 3.09. The lowest BCUT2D eigenvalue weighted by molar-refractivity contribution is 0.0698. The number of unbranched alkanes of at least 4 members (excludes halogenated alkanes) is 1. The van der Waals surface area contributed by atoms with Crippen LogP contribution in [0.25, 0.3) is 0 Å². The number of benzene rings is 1. The first kappa shape index (κ1) is 15.8. The highest BCUT2D eigenvalue weighted by Gasteiger charge is 2.10. The molecule has 0 saturated heterocycles. The maximum Gasteiger partial charge on any atom is 0.337 e. The molecule has 1 aromatic carbocycles.